The Hall–Kier alpha value is 0.370. The second-order valence-corrected chi connectivity index (χ2v) is 7.38. The summed E-state index contributed by atoms with van der Waals surface area (Å²) in [6.07, 6.45) is 1.35. The third-order valence-corrected chi connectivity index (χ3v) is 6.64. The van der Waals surface area contributed by atoms with Crippen LogP contribution in [0.5, 0.6) is 0 Å². The maximum absolute atomic E-state index is 11.3. The van der Waals surface area contributed by atoms with Gasteiger partial charge in [0.25, 0.3) is 0 Å². The molecule has 0 radical (unpaired) electrons. The zero-order valence-electron chi connectivity index (χ0n) is 10.1. The van der Waals surface area contributed by atoms with E-state index in [1.807, 2.05) is 6.08 Å². The van der Waals surface area contributed by atoms with Gasteiger partial charge in [0.15, 0.2) is 11.7 Å². The molecule has 0 aromatic rings. The molecular weight excluding hydrogens is 483 g/mol. The first-order chi connectivity index (χ1) is 8.18. The van der Waals surface area contributed by atoms with Gasteiger partial charge in [-0.1, -0.05) is 37.9 Å². The van der Waals surface area contributed by atoms with Crippen molar-refractivity contribution in [3.05, 3.63) is 9.66 Å². The SMILES string of the molecule is CC(=O)O[C@@H]1[C@@H](Br)C(I)=C[C@H](Br)[C@@]1(C)OC(C)=O. The van der Waals surface area contributed by atoms with E-state index in [1.54, 1.807) is 6.92 Å². The zero-order chi connectivity index (χ0) is 14.1. The molecule has 0 aromatic carbocycles. The Balaban J connectivity index is 3.15. The van der Waals surface area contributed by atoms with Gasteiger partial charge in [0.1, 0.15) is 0 Å². The molecule has 7 heteroatoms. The number of hydrogen-bond donors (Lipinski definition) is 0. The summed E-state index contributed by atoms with van der Waals surface area (Å²) in [5.41, 5.74) is -0.944. The summed E-state index contributed by atoms with van der Waals surface area (Å²) >= 11 is 9.11. The van der Waals surface area contributed by atoms with Crippen LogP contribution in [0.25, 0.3) is 0 Å². The first-order valence-electron chi connectivity index (χ1n) is 5.20. The topological polar surface area (TPSA) is 52.6 Å². The number of ether oxygens (including phenoxy) is 2. The van der Waals surface area contributed by atoms with Crippen molar-refractivity contribution < 1.29 is 19.1 Å². The van der Waals surface area contributed by atoms with Crippen molar-refractivity contribution in [3.63, 3.8) is 0 Å². The molecule has 0 spiro atoms. The van der Waals surface area contributed by atoms with Gasteiger partial charge >= 0.3 is 11.9 Å². The molecule has 1 rings (SSSR count). The molecule has 4 atom stereocenters. The lowest BCUT2D eigenvalue weighted by atomic mass is 9.87. The minimum atomic E-state index is -0.944. The third kappa shape index (κ3) is 3.47. The highest BCUT2D eigenvalue weighted by molar-refractivity contribution is 14.1. The lowest BCUT2D eigenvalue weighted by Gasteiger charge is -2.43. The van der Waals surface area contributed by atoms with Crippen molar-refractivity contribution in [1.82, 2.24) is 0 Å². The van der Waals surface area contributed by atoms with Crippen LogP contribution in [-0.2, 0) is 19.1 Å². The Labute approximate surface area is 136 Å². The molecule has 18 heavy (non-hydrogen) atoms. The van der Waals surface area contributed by atoms with Gasteiger partial charge < -0.3 is 9.47 Å². The number of rotatable bonds is 2. The van der Waals surface area contributed by atoms with Crippen LogP contribution in [0, 0.1) is 0 Å². The lowest BCUT2D eigenvalue weighted by Crippen LogP contribution is -2.57. The summed E-state index contributed by atoms with van der Waals surface area (Å²) in [5.74, 6) is -0.822. The third-order valence-electron chi connectivity index (χ3n) is 2.60. The number of carbonyl (C=O) groups excluding carboxylic acids is 2. The van der Waals surface area contributed by atoms with Crippen molar-refractivity contribution in [1.29, 1.82) is 0 Å². The molecule has 0 bridgehead atoms. The van der Waals surface area contributed by atoms with E-state index in [4.69, 9.17) is 9.47 Å². The van der Waals surface area contributed by atoms with Gasteiger partial charge in [-0.2, -0.15) is 0 Å². The summed E-state index contributed by atoms with van der Waals surface area (Å²) in [7, 11) is 0. The maximum atomic E-state index is 11.3. The van der Waals surface area contributed by atoms with Gasteiger partial charge in [0.05, 0.1) is 9.65 Å². The Morgan fingerprint density at radius 3 is 2.33 bits per heavy atom. The molecule has 0 aromatic heterocycles. The van der Waals surface area contributed by atoms with Gasteiger partial charge in [-0.25, -0.2) is 0 Å². The van der Waals surface area contributed by atoms with E-state index in [1.165, 1.54) is 13.8 Å². The van der Waals surface area contributed by atoms with Crippen LogP contribution in [0.15, 0.2) is 9.66 Å². The maximum Gasteiger partial charge on any atom is 0.303 e. The monoisotopic (exact) mass is 494 g/mol. The number of carbonyl (C=O) groups is 2. The summed E-state index contributed by atoms with van der Waals surface area (Å²) in [6, 6.07) is 0. The van der Waals surface area contributed by atoms with Crippen molar-refractivity contribution in [2.45, 2.75) is 42.1 Å². The molecule has 0 unspecified atom stereocenters. The lowest BCUT2D eigenvalue weighted by molar-refractivity contribution is -0.179. The molecule has 1 aliphatic rings. The minimum Gasteiger partial charge on any atom is -0.457 e. The molecule has 0 heterocycles. The van der Waals surface area contributed by atoms with Gasteiger partial charge in [0.2, 0.25) is 0 Å². The molecule has 1 aliphatic carbocycles. The number of alkyl halides is 2. The van der Waals surface area contributed by atoms with Crippen LogP contribution in [0.1, 0.15) is 20.8 Å². The number of esters is 2. The summed E-state index contributed by atoms with van der Waals surface area (Å²) in [6.45, 7) is 4.42. The number of hydrogen-bond acceptors (Lipinski definition) is 4. The zero-order valence-corrected chi connectivity index (χ0v) is 15.4. The van der Waals surface area contributed by atoms with E-state index in [2.05, 4.69) is 54.5 Å². The van der Waals surface area contributed by atoms with Gasteiger partial charge in [-0.3, -0.25) is 9.59 Å². The van der Waals surface area contributed by atoms with Crippen molar-refractivity contribution in [2.75, 3.05) is 0 Å². The first kappa shape index (κ1) is 16.4. The Bertz CT molecular complexity index is 399. The van der Waals surface area contributed by atoms with Crippen molar-refractivity contribution in [2.24, 2.45) is 0 Å². The van der Waals surface area contributed by atoms with E-state index in [9.17, 15) is 9.59 Å². The average molecular weight is 496 g/mol. The Morgan fingerprint density at radius 1 is 1.33 bits per heavy atom. The standard InChI is InChI=1S/C11H13Br2IO4/c1-5(15)17-10-9(13)7(14)4-8(12)11(10,3)18-6(2)16/h4,8-10H,1-3H3/t8-,9-,10+,11+/m0/s1. The van der Waals surface area contributed by atoms with E-state index in [0.29, 0.717) is 0 Å². The van der Waals surface area contributed by atoms with Crippen LogP contribution >= 0.6 is 54.5 Å². The minimum absolute atomic E-state index is 0.194. The second kappa shape index (κ2) is 6.21. The van der Waals surface area contributed by atoms with E-state index >= 15 is 0 Å². The van der Waals surface area contributed by atoms with Crippen LogP contribution in [0.3, 0.4) is 0 Å². The molecule has 0 N–H and O–H groups in total. The normalized spacial score (nSPS) is 35.7. The summed E-state index contributed by atoms with van der Waals surface area (Å²) in [4.78, 5) is 22.1. The quantitative estimate of drug-likeness (QED) is 0.336. The molecule has 102 valence electrons. The summed E-state index contributed by atoms with van der Waals surface area (Å²) < 4.78 is 11.7. The molecule has 4 nitrogen and oxygen atoms in total. The highest BCUT2D eigenvalue weighted by Gasteiger charge is 2.52. The van der Waals surface area contributed by atoms with Crippen molar-refractivity contribution >= 4 is 66.4 Å². The smallest absolute Gasteiger partial charge is 0.303 e. The molecule has 0 fully saturated rings. The fraction of sp³-hybridized carbons (Fsp3) is 0.636. The summed E-state index contributed by atoms with van der Waals surface area (Å²) in [5, 5.41) is 0. The number of halogens is 3. The first-order valence-corrected chi connectivity index (χ1v) is 8.11. The largest absolute Gasteiger partial charge is 0.457 e. The fourth-order valence-electron chi connectivity index (χ4n) is 1.77. The van der Waals surface area contributed by atoms with E-state index < -0.39 is 23.6 Å². The van der Waals surface area contributed by atoms with Gasteiger partial charge in [-0.05, 0) is 29.5 Å². The molecule has 0 aliphatic heterocycles. The Morgan fingerprint density at radius 2 is 1.89 bits per heavy atom. The van der Waals surface area contributed by atoms with Gasteiger partial charge in [-0.15, -0.1) is 0 Å². The molecule has 0 saturated carbocycles. The van der Waals surface area contributed by atoms with E-state index in [-0.39, 0.29) is 9.65 Å². The van der Waals surface area contributed by atoms with Crippen LogP contribution < -0.4 is 0 Å². The molecule has 0 saturated heterocycles. The highest BCUT2D eigenvalue weighted by atomic mass is 127. The van der Waals surface area contributed by atoms with Crippen molar-refractivity contribution in [3.8, 4) is 0 Å². The van der Waals surface area contributed by atoms with Crippen LogP contribution in [0.4, 0.5) is 0 Å². The Kier molecular flexibility index (Phi) is 5.67. The molecular formula is C11H13Br2IO4. The van der Waals surface area contributed by atoms with E-state index in [0.717, 1.165) is 3.58 Å². The second-order valence-electron chi connectivity index (χ2n) is 4.16. The van der Waals surface area contributed by atoms with Crippen LogP contribution in [0.2, 0.25) is 0 Å². The average Bonchev–Trinajstić information content (AvgIpc) is 2.21. The van der Waals surface area contributed by atoms with Gasteiger partial charge in [0, 0.05) is 17.4 Å². The predicted octanol–water partition coefficient (Wildman–Crippen LogP) is 3.10. The fourth-order valence-corrected chi connectivity index (χ4v) is 4.37. The highest BCUT2D eigenvalue weighted by Crippen LogP contribution is 2.42. The molecule has 0 amide bonds. The predicted molar refractivity (Wildman–Crippen MR) is 83.3 cm³/mol. The van der Waals surface area contributed by atoms with Crippen LogP contribution in [-0.4, -0.2) is 33.3 Å².